The zero-order chi connectivity index (χ0) is 34.5. The van der Waals surface area contributed by atoms with E-state index < -0.39 is 0 Å². The number of fused-ring (bicyclic) bond motifs is 3. The van der Waals surface area contributed by atoms with Crippen LogP contribution in [0, 0.1) is 13.8 Å². The zero-order valence-electron chi connectivity index (χ0n) is 31.0. The molecule has 0 unspecified atom stereocenters. The first-order valence-electron chi connectivity index (χ1n) is 18.2. The van der Waals surface area contributed by atoms with Crippen molar-refractivity contribution < 1.29 is 48.1 Å². The van der Waals surface area contributed by atoms with E-state index in [-0.39, 0.29) is 30.2 Å². The van der Waals surface area contributed by atoms with Crippen LogP contribution in [0.3, 0.4) is 0 Å². The van der Waals surface area contributed by atoms with E-state index >= 15 is 0 Å². The summed E-state index contributed by atoms with van der Waals surface area (Å²) in [5.41, 5.74) is 11.3. The molecule has 51 heavy (non-hydrogen) atoms. The van der Waals surface area contributed by atoms with Gasteiger partial charge in [0.05, 0.1) is 0 Å². The minimum absolute atomic E-state index is 0. The maximum absolute atomic E-state index is 2.37. The summed E-state index contributed by atoms with van der Waals surface area (Å²) in [7, 11) is 0. The van der Waals surface area contributed by atoms with Crippen LogP contribution in [-0.4, -0.2) is 5.43 Å². The first-order chi connectivity index (χ1) is 23.7. The van der Waals surface area contributed by atoms with Crippen LogP contribution in [0.25, 0.3) is 54.6 Å². The maximum Gasteiger partial charge on any atom is -0.0162 e. The molecule has 8 rings (SSSR count). The Kier molecular flexibility index (Phi) is 15.2. The van der Waals surface area contributed by atoms with E-state index in [1.165, 1.54) is 109 Å². The maximum atomic E-state index is 2.37. The number of hydrogen-bond donors (Lipinski definition) is 0. The van der Waals surface area contributed by atoms with E-state index in [1.807, 2.05) is 0 Å². The van der Waals surface area contributed by atoms with Crippen molar-refractivity contribution in [1.29, 1.82) is 0 Å². The molecule has 262 valence electrons. The van der Waals surface area contributed by atoms with Crippen molar-refractivity contribution in [2.75, 3.05) is 0 Å². The summed E-state index contributed by atoms with van der Waals surface area (Å²) in [4.78, 5) is 0. The summed E-state index contributed by atoms with van der Waals surface area (Å²) in [6.07, 6.45) is 6.97. The number of benzene rings is 5. The van der Waals surface area contributed by atoms with Crippen LogP contribution < -0.4 is 24.8 Å². The van der Waals surface area contributed by atoms with E-state index in [2.05, 4.69) is 162 Å². The Hall–Kier alpha value is -2.74. The van der Waals surface area contributed by atoms with Crippen molar-refractivity contribution in [2.45, 2.75) is 84.7 Å². The first kappa shape index (κ1) is 41.0. The second kappa shape index (κ2) is 18.8. The molecule has 7 aromatic carbocycles. The fourth-order valence-corrected chi connectivity index (χ4v) is 7.50. The van der Waals surface area contributed by atoms with Gasteiger partial charge in [0.2, 0.25) is 0 Å². The van der Waals surface area contributed by atoms with Gasteiger partial charge in [-0.3, -0.25) is 0 Å². The van der Waals surface area contributed by atoms with Crippen molar-refractivity contribution in [3.8, 4) is 22.3 Å². The molecule has 0 atom stereocenters. The minimum Gasteiger partial charge on any atom is -1.00 e. The molecule has 0 nitrogen and oxygen atoms in total. The van der Waals surface area contributed by atoms with E-state index in [0.717, 1.165) is 5.92 Å². The first-order valence-corrected chi connectivity index (χ1v) is 24.3. The number of halogens is 2. The minimum atomic E-state index is 0. The normalized spacial score (nSPS) is 12.8. The van der Waals surface area contributed by atoms with Crippen molar-refractivity contribution in [3.63, 3.8) is 0 Å². The molecular formula is C47H50Cl2SiZr-2. The SMILES string of the molecule is CC(C)c1cc2c(-c3cccc4ccccc34)cccc2[cH-]1.C[Si](C)=[Zr+2].Cc1cc2c(-c3ccc(C4CCCCC4)cc3)ccc(C)c2[cH-]1.[Cl-].[Cl-]. The Morgan fingerprint density at radius 3 is 1.96 bits per heavy atom. The zero-order valence-corrected chi connectivity index (χ0v) is 36.0. The molecule has 0 aliphatic heterocycles. The quantitative estimate of drug-likeness (QED) is 0.125. The third-order valence-corrected chi connectivity index (χ3v) is 10.1. The summed E-state index contributed by atoms with van der Waals surface area (Å²) in [6.45, 7) is 13.5. The number of aryl methyl sites for hydroxylation is 2. The van der Waals surface area contributed by atoms with E-state index in [0.29, 0.717) is 5.92 Å². The molecule has 4 heteroatoms. The average Bonchev–Trinajstić information content (AvgIpc) is 3.73. The summed E-state index contributed by atoms with van der Waals surface area (Å²) in [6, 6.07) is 45.1. The molecule has 0 amide bonds. The predicted molar refractivity (Wildman–Crippen MR) is 214 cm³/mol. The van der Waals surface area contributed by atoms with Gasteiger partial charge in [-0.05, 0) is 52.1 Å². The van der Waals surface area contributed by atoms with Crippen LogP contribution in [0.4, 0.5) is 0 Å². The molecule has 0 aromatic heterocycles. The Morgan fingerprint density at radius 2 is 1.27 bits per heavy atom. The fraction of sp³-hybridized carbons (Fsp3) is 0.277. The van der Waals surface area contributed by atoms with Crippen LogP contribution in [-0.2, 0) is 23.3 Å². The molecule has 1 aliphatic rings. The Bertz CT molecular complexity index is 2190. The third kappa shape index (κ3) is 9.83. The van der Waals surface area contributed by atoms with Gasteiger partial charge < -0.3 is 24.8 Å². The molecule has 0 radical (unpaired) electrons. The smallest absolute Gasteiger partial charge is 0.0162 e. The molecule has 7 aromatic rings. The summed E-state index contributed by atoms with van der Waals surface area (Å²) in [5.74, 6) is 1.35. The van der Waals surface area contributed by atoms with E-state index in [1.54, 1.807) is 23.3 Å². The van der Waals surface area contributed by atoms with Gasteiger partial charge in [-0.25, -0.2) is 0 Å². The molecule has 1 aliphatic carbocycles. The number of rotatable bonds is 4. The van der Waals surface area contributed by atoms with Crippen LogP contribution >= 0.6 is 0 Å². The molecule has 0 saturated heterocycles. The fourth-order valence-electron chi connectivity index (χ4n) is 7.50. The Labute approximate surface area is 334 Å². The van der Waals surface area contributed by atoms with Crippen LogP contribution in [0.5, 0.6) is 0 Å². The third-order valence-electron chi connectivity index (χ3n) is 10.1. The summed E-state index contributed by atoms with van der Waals surface area (Å²) in [5, 5.41) is 8.12. The molecule has 0 heterocycles. The van der Waals surface area contributed by atoms with Crippen molar-refractivity contribution in [2.24, 2.45) is 0 Å². The Morgan fingerprint density at radius 1 is 0.647 bits per heavy atom. The molecule has 1 fully saturated rings. The Balaban J connectivity index is 0.000000200. The molecule has 1 saturated carbocycles. The van der Waals surface area contributed by atoms with Crippen LogP contribution in [0.1, 0.15) is 80.0 Å². The summed E-state index contributed by atoms with van der Waals surface area (Å²) >= 11 is 1.74. The summed E-state index contributed by atoms with van der Waals surface area (Å²) < 4.78 is 0. The van der Waals surface area contributed by atoms with Gasteiger partial charge in [-0.1, -0.05) is 137 Å². The molecule has 0 bridgehead atoms. The predicted octanol–water partition coefficient (Wildman–Crippen LogP) is 8.18. The topological polar surface area (TPSA) is 0 Å². The van der Waals surface area contributed by atoms with E-state index in [9.17, 15) is 0 Å². The second-order valence-corrected chi connectivity index (χ2v) is 23.9. The van der Waals surface area contributed by atoms with Gasteiger partial charge in [-0.2, -0.15) is 12.1 Å². The van der Waals surface area contributed by atoms with Gasteiger partial charge in [-0.15, -0.1) is 68.6 Å². The van der Waals surface area contributed by atoms with Gasteiger partial charge in [0.25, 0.3) is 0 Å². The van der Waals surface area contributed by atoms with Crippen molar-refractivity contribution >= 4 is 37.8 Å². The average molecular weight is 805 g/mol. The van der Waals surface area contributed by atoms with Gasteiger partial charge in [0.1, 0.15) is 0 Å². The van der Waals surface area contributed by atoms with Gasteiger partial charge in [0, 0.05) is 0 Å². The standard InChI is InChI=1S/C23H25.C22H19.C2H6Si.2ClH.Zr/c1-16-14-22-17(2)8-13-21(23(22)15-16)20-11-9-19(10-12-20)18-6-4-3-5-7-18;1-15(2)18-13-17-9-6-12-21(22(17)14-18)20-11-5-8-16-7-3-4-10-19(16)20;1-3-2;;;/h8-15,18H,3-7H2,1-2H3;3-15H,1-2H3;1-2H3;2*1H;/q2*-1;;;;+2/p-2. The van der Waals surface area contributed by atoms with Crippen molar-refractivity contribution in [3.05, 3.63) is 144 Å². The molecule has 0 spiro atoms. The number of hydrogen-bond acceptors (Lipinski definition) is 0. The largest absolute Gasteiger partial charge is 1.00 e. The molecule has 0 N–H and O–H groups in total. The van der Waals surface area contributed by atoms with Crippen LogP contribution in [0.2, 0.25) is 13.1 Å². The monoisotopic (exact) mass is 802 g/mol. The van der Waals surface area contributed by atoms with Gasteiger partial charge >= 0.3 is 41.9 Å². The van der Waals surface area contributed by atoms with Crippen LogP contribution in [0.15, 0.2) is 121 Å². The molecular weight excluding hydrogens is 755 g/mol. The second-order valence-electron chi connectivity index (χ2n) is 14.5. The van der Waals surface area contributed by atoms with Crippen molar-refractivity contribution in [1.82, 2.24) is 0 Å². The van der Waals surface area contributed by atoms with Gasteiger partial charge in [0.15, 0.2) is 0 Å². The van der Waals surface area contributed by atoms with E-state index in [4.69, 9.17) is 0 Å².